The molecule has 1 heterocycles. The number of aryl methyl sites for hydroxylation is 1. The van der Waals surface area contributed by atoms with Gasteiger partial charge in [-0.15, -0.1) is 0 Å². The zero-order valence-electron chi connectivity index (χ0n) is 15.5. The van der Waals surface area contributed by atoms with Crippen LogP contribution in [0.1, 0.15) is 26.7 Å². The van der Waals surface area contributed by atoms with Gasteiger partial charge in [0.05, 0.1) is 5.92 Å². The minimum absolute atomic E-state index is 0.141. The fraction of sp³-hybridized carbons (Fsp3) is 0.421. The number of imidazole rings is 1. The number of carboxylic acid groups (broad SMARTS) is 1. The Morgan fingerprint density at radius 3 is 2.85 bits per heavy atom. The molecule has 1 aromatic heterocycles. The van der Waals surface area contributed by atoms with E-state index >= 15 is 0 Å². The second-order valence-electron chi connectivity index (χ2n) is 6.43. The van der Waals surface area contributed by atoms with Gasteiger partial charge in [0.2, 0.25) is 0 Å². The number of rotatable bonds is 8. The van der Waals surface area contributed by atoms with Crippen molar-refractivity contribution >= 4 is 17.7 Å². The average Bonchev–Trinajstić information content (AvgIpc) is 3.08. The summed E-state index contributed by atoms with van der Waals surface area (Å²) < 4.78 is 2.10. The molecule has 1 aromatic carbocycles. The molecule has 0 aliphatic rings. The Hall–Kier alpha value is -2.83. The molecule has 2 aromatic rings. The molecular formula is C19H26N4O3. The fourth-order valence-electron chi connectivity index (χ4n) is 2.61. The lowest BCUT2D eigenvalue weighted by Crippen LogP contribution is -2.36. The molecule has 0 saturated carbocycles. The van der Waals surface area contributed by atoms with E-state index in [1.165, 1.54) is 4.90 Å². The number of amides is 2. The number of hydrogen-bond acceptors (Lipinski definition) is 3. The number of nitrogens with one attached hydrogen (secondary N) is 1. The second-order valence-corrected chi connectivity index (χ2v) is 6.43. The first-order valence-corrected chi connectivity index (χ1v) is 8.78. The summed E-state index contributed by atoms with van der Waals surface area (Å²) in [6.45, 7) is 4.76. The summed E-state index contributed by atoms with van der Waals surface area (Å²) in [5.74, 6) is -0.684. The zero-order valence-corrected chi connectivity index (χ0v) is 15.5. The number of carbonyl (C=O) groups is 2. The monoisotopic (exact) mass is 358 g/mol. The van der Waals surface area contributed by atoms with Crippen molar-refractivity contribution in [2.75, 3.05) is 18.9 Å². The number of carbonyl (C=O) groups excluding carboxylic acids is 1. The Morgan fingerprint density at radius 1 is 1.38 bits per heavy atom. The molecular weight excluding hydrogens is 332 g/mol. The quantitative estimate of drug-likeness (QED) is 0.755. The van der Waals surface area contributed by atoms with Crippen molar-refractivity contribution in [2.24, 2.45) is 5.92 Å². The van der Waals surface area contributed by atoms with Gasteiger partial charge in [-0.2, -0.15) is 0 Å². The number of hydrogen-bond donors (Lipinski definition) is 2. The van der Waals surface area contributed by atoms with Crippen molar-refractivity contribution in [1.82, 2.24) is 14.5 Å². The molecule has 140 valence electrons. The van der Waals surface area contributed by atoms with Crippen LogP contribution in [-0.4, -0.2) is 45.2 Å². The van der Waals surface area contributed by atoms with E-state index in [4.69, 9.17) is 5.11 Å². The zero-order chi connectivity index (χ0) is 19.1. The van der Waals surface area contributed by atoms with Gasteiger partial charge in [-0.3, -0.25) is 4.79 Å². The molecule has 2 rings (SSSR count). The summed E-state index contributed by atoms with van der Waals surface area (Å²) in [6, 6.07) is 7.15. The molecule has 26 heavy (non-hydrogen) atoms. The molecule has 0 fully saturated rings. The molecule has 0 radical (unpaired) electrons. The number of carboxylic acids is 1. The maximum Gasteiger partial charge on any atom is 0.321 e. The molecule has 1 atom stereocenters. The standard InChI is InChI=1S/C19H26N4O3/c1-4-5-10-23-11-9-20-17(23)15-7-6-8-16(12-15)21-19(26)22(3)13-14(2)18(24)25/h6-9,11-12,14H,4-5,10,13H2,1-3H3,(H,21,26)(H,24,25). The third-order valence-corrected chi connectivity index (χ3v) is 4.16. The van der Waals surface area contributed by atoms with Crippen LogP contribution in [0.3, 0.4) is 0 Å². The summed E-state index contributed by atoms with van der Waals surface area (Å²) in [5, 5.41) is 11.8. The Bertz CT molecular complexity index is 757. The summed E-state index contributed by atoms with van der Waals surface area (Å²) in [7, 11) is 1.58. The first-order valence-electron chi connectivity index (χ1n) is 8.78. The number of nitrogens with zero attached hydrogens (tertiary/aromatic N) is 3. The molecule has 0 saturated heterocycles. The summed E-state index contributed by atoms with van der Waals surface area (Å²) in [5.41, 5.74) is 1.57. The predicted molar refractivity (Wildman–Crippen MR) is 101 cm³/mol. The third-order valence-electron chi connectivity index (χ3n) is 4.16. The van der Waals surface area contributed by atoms with Gasteiger partial charge >= 0.3 is 12.0 Å². The number of benzene rings is 1. The van der Waals surface area contributed by atoms with Gasteiger partial charge in [0.25, 0.3) is 0 Å². The van der Waals surface area contributed by atoms with Crippen LogP contribution in [0.25, 0.3) is 11.4 Å². The predicted octanol–water partition coefficient (Wildman–Crippen LogP) is 3.53. The Kier molecular flexibility index (Phi) is 6.77. The molecule has 0 aliphatic carbocycles. The Morgan fingerprint density at radius 2 is 2.15 bits per heavy atom. The van der Waals surface area contributed by atoms with Crippen molar-refractivity contribution in [3.63, 3.8) is 0 Å². The fourth-order valence-corrected chi connectivity index (χ4v) is 2.61. The molecule has 0 spiro atoms. The van der Waals surface area contributed by atoms with E-state index < -0.39 is 11.9 Å². The van der Waals surface area contributed by atoms with E-state index in [0.29, 0.717) is 5.69 Å². The highest BCUT2D eigenvalue weighted by Crippen LogP contribution is 2.22. The van der Waals surface area contributed by atoms with E-state index in [9.17, 15) is 9.59 Å². The van der Waals surface area contributed by atoms with Gasteiger partial charge in [-0.1, -0.05) is 32.4 Å². The van der Waals surface area contributed by atoms with Crippen LogP contribution in [0.15, 0.2) is 36.7 Å². The maximum absolute atomic E-state index is 12.3. The van der Waals surface area contributed by atoms with Crippen LogP contribution in [0.2, 0.25) is 0 Å². The lowest BCUT2D eigenvalue weighted by atomic mass is 10.1. The number of unbranched alkanes of at least 4 members (excludes halogenated alkanes) is 1. The van der Waals surface area contributed by atoms with Crippen LogP contribution in [0, 0.1) is 5.92 Å². The topological polar surface area (TPSA) is 87.5 Å². The van der Waals surface area contributed by atoms with E-state index in [0.717, 1.165) is 30.8 Å². The largest absolute Gasteiger partial charge is 0.481 e. The van der Waals surface area contributed by atoms with Crippen LogP contribution >= 0.6 is 0 Å². The van der Waals surface area contributed by atoms with Gasteiger partial charge in [0.1, 0.15) is 5.82 Å². The lowest BCUT2D eigenvalue weighted by molar-refractivity contribution is -0.141. The molecule has 7 heteroatoms. The van der Waals surface area contributed by atoms with Gasteiger partial charge in [-0.05, 0) is 18.6 Å². The number of aromatic nitrogens is 2. The highest BCUT2D eigenvalue weighted by Gasteiger charge is 2.17. The van der Waals surface area contributed by atoms with Crippen molar-refractivity contribution in [2.45, 2.75) is 33.2 Å². The minimum Gasteiger partial charge on any atom is -0.481 e. The van der Waals surface area contributed by atoms with Crippen LogP contribution in [-0.2, 0) is 11.3 Å². The molecule has 2 amide bonds. The minimum atomic E-state index is -0.925. The first kappa shape index (κ1) is 19.5. The normalized spacial score (nSPS) is 11.8. The molecule has 2 N–H and O–H groups in total. The van der Waals surface area contributed by atoms with E-state index in [1.54, 1.807) is 26.2 Å². The van der Waals surface area contributed by atoms with Crippen LogP contribution < -0.4 is 5.32 Å². The lowest BCUT2D eigenvalue weighted by Gasteiger charge is -2.20. The van der Waals surface area contributed by atoms with Crippen LogP contribution in [0.4, 0.5) is 10.5 Å². The van der Waals surface area contributed by atoms with Gasteiger partial charge in [0.15, 0.2) is 0 Å². The Balaban J connectivity index is 2.08. The van der Waals surface area contributed by atoms with Gasteiger partial charge in [0, 0.05) is 43.8 Å². The number of anilines is 1. The van der Waals surface area contributed by atoms with E-state index in [-0.39, 0.29) is 12.6 Å². The highest BCUT2D eigenvalue weighted by atomic mass is 16.4. The van der Waals surface area contributed by atoms with Crippen molar-refractivity contribution < 1.29 is 14.7 Å². The van der Waals surface area contributed by atoms with Crippen molar-refractivity contribution in [3.8, 4) is 11.4 Å². The van der Waals surface area contributed by atoms with E-state index in [1.807, 2.05) is 24.4 Å². The number of aliphatic carboxylic acids is 1. The molecule has 1 unspecified atom stereocenters. The van der Waals surface area contributed by atoms with Crippen LogP contribution in [0.5, 0.6) is 0 Å². The summed E-state index contributed by atoms with van der Waals surface area (Å²) in [4.78, 5) is 29.0. The average molecular weight is 358 g/mol. The molecule has 0 aliphatic heterocycles. The third kappa shape index (κ3) is 5.08. The summed E-state index contributed by atoms with van der Waals surface area (Å²) >= 11 is 0. The summed E-state index contributed by atoms with van der Waals surface area (Å²) in [6.07, 6.45) is 5.91. The Labute approximate surface area is 153 Å². The van der Waals surface area contributed by atoms with Crippen molar-refractivity contribution in [1.29, 1.82) is 0 Å². The second kappa shape index (κ2) is 9.03. The van der Waals surface area contributed by atoms with E-state index in [2.05, 4.69) is 21.8 Å². The highest BCUT2D eigenvalue weighted by molar-refractivity contribution is 5.90. The molecule has 7 nitrogen and oxygen atoms in total. The molecule has 0 bridgehead atoms. The smallest absolute Gasteiger partial charge is 0.321 e. The SMILES string of the molecule is CCCCn1ccnc1-c1cccc(NC(=O)N(C)CC(C)C(=O)O)c1. The van der Waals surface area contributed by atoms with Gasteiger partial charge < -0.3 is 19.9 Å². The van der Waals surface area contributed by atoms with Gasteiger partial charge in [-0.25, -0.2) is 9.78 Å². The van der Waals surface area contributed by atoms with Crippen molar-refractivity contribution in [3.05, 3.63) is 36.7 Å². The first-order chi connectivity index (χ1) is 12.4. The number of urea groups is 1. The maximum atomic E-state index is 12.3.